The van der Waals surface area contributed by atoms with Crippen LogP contribution in [0.4, 0.5) is 5.69 Å². The van der Waals surface area contributed by atoms with Crippen LogP contribution in [0, 0.1) is 0 Å². The molecular formula is C15H23ClN2O. The van der Waals surface area contributed by atoms with E-state index < -0.39 is 0 Å². The minimum Gasteiger partial charge on any atom is -0.495 e. The molecule has 3 nitrogen and oxygen atoms in total. The van der Waals surface area contributed by atoms with Crippen molar-refractivity contribution in [2.75, 3.05) is 19.9 Å². The smallest absolute Gasteiger partial charge is 0.143 e. The number of hydrogen-bond donors (Lipinski definition) is 1. The van der Waals surface area contributed by atoms with Crippen LogP contribution in [0.5, 0.6) is 5.75 Å². The Morgan fingerprint density at radius 3 is 2.63 bits per heavy atom. The molecule has 1 saturated carbocycles. The number of rotatable bonds is 4. The van der Waals surface area contributed by atoms with Crippen LogP contribution in [0.1, 0.15) is 37.7 Å². The predicted molar refractivity (Wildman–Crippen MR) is 80.8 cm³/mol. The average Bonchev–Trinajstić information content (AvgIpc) is 2.43. The van der Waals surface area contributed by atoms with Gasteiger partial charge in [-0.25, -0.2) is 0 Å². The van der Waals surface area contributed by atoms with Crippen molar-refractivity contribution in [1.82, 2.24) is 4.90 Å². The summed E-state index contributed by atoms with van der Waals surface area (Å²) in [4.78, 5) is 2.39. The SMILES string of the molecule is COc1cc(Cl)cc(CN(C)C2CCCCC2)c1N. The molecule has 0 unspecified atom stereocenters. The zero-order valence-corrected chi connectivity index (χ0v) is 12.5. The van der Waals surface area contributed by atoms with Crippen LogP contribution >= 0.6 is 11.6 Å². The van der Waals surface area contributed by atoms with Gasteiger partial charge in [-0.1, -0.05) is 30.9 Å². The van der Waals surface area contributed by atoms with Gasteiger partial charge in [0.15, 0.2) is 0 Å². The zero-order valence-electron chi connectivity index (χ0n) is 11.8. The Bertz CT molecular complexity index is 430. The summed E-state index contributed by atoms with van der Waals surface area (Å²) in [6.07, 6.45) is 6.62. The summed E-state index contributed by atoms with van der Waals surface area (Å²) < 4.78 is 5.27. The molecule has 1 aromatic rings. The van der Waals surface area contributed by atoms with Gasteiger partial charge in [-0.15, -0.1) is 0 Å². The van der Waals surface area contributed by atoms with E-state index in [0.29, 0.717) is 22.5 Å². The number of nitrogens with two attached hydrogens (primary N) is 1. The molecule has 19 heavy (non-hydrogen) atoms. The van der Waals surface area contributed by atoms with Crippen molar-refractivity contribution in [3.05, 3.63) is 22.7 Å². The van der Waals surface area contributed by atoms with Gasteiger partial charge in [0.1, 0.15) is 5.75 Å². The number of ether oxygens (including phenoxy) is 1. The minimum atomic E-state index is 0.665. The molecule has 0 saturated heterocycles. The van der Waals surface area contributed by atoms with Crippen molar-refractivity contribution >= 4 is 17.3 Å². The average molecular weight is 283 g/mol. The number of nitrogen functional groups attached to an aromatic ring is 1. The van der Waals surface area contributed by atoms with Gasteiger partial charge in [0.25, 0.3) is 0 Å². The Morgan fingerprint density at radius 2 is 2.00 bits per heavy atom. The van der Waals surface area contributed by atoms with Gasteiger partial charge < -0.3 is 10.5 Å². The molecule has 2 rings (SSSR count). The Kier molecular flexibility index (Phi) is 4.94. The van der Waals surface area contributed by atoms with Crippen LogP contribution in [0.2, 0.25) is 5.02 Å². The molecule has 1 aliphatic carbocycles. The molecular weight excluding hydrogens is 260 g/mol. The van der Waals surface area contributed by atoms with E-state index in [-0.39, 0.29) is 0 Å². The van der Waals surface area contributed by atoms with Gasteiger partial charge in [0.2, 0.25) is 0 Å². The molecule has 106 valence electrons. The quantitative estimate of drug-likeness (QED) is 0.856. The third kappa shape index (κ3) is 3.54. The first-order valence-corrected chi connectivity index (χ1v) is 7.31. The number of nitrogens with zero attached hydrogens (tertiary/aromatic N) is 1. The van der Waals surface area contributed by atoms with E-state index in [1.165, 1.54) is 32.1 Å². The lowest BCUT2D eigenvalue weighted by Gasteiger charge is -2.31. The van der Waals surface area contributed by atoms with Gasteiger partial charge in [-0.3, -0.25) is 4.90 Å². The lowest BCUT2D eigenvalue weighted by molar-refractivity contribution is 0.185. The largest absolute Gasteiger partial charge is 0.495 e. The summed E-state index contributed by atoms with van der Waals surface area (Å²) in [6.45, 7) is 0.827. The van der Waals surface area contributed by atoms with Crippen molar-refractivity contribution in [3.63, 3.8) is 0 Å². The third-order valence-electron chi connectivity index (χ3n) is 4.03. The predicted octanol–water partition coefficient (Wildman–Crippen LogP) is 3.70. The highest BCUT2D eigenvalue weighted by Gasteiger charge is 2.19. The number of benzene rings is 1. The number of anilines is 1. The molecule has 1 fully saturated rings. The van der Waals surface area contributed by atoms with Crippen molar-refractivity contribution in [1.29, 1.82) is 0 Å². The Balaban J connectivity index is 2.11. The number of halogens is 1. The van der Waals surface area contributed by atoms with Gasteiger partial charge in [0, 0.05) is 23.7 Å². The lowest BCUT2D eigenvalue weighted by atomic mass is 9.94. The Morgan fingerprint density at radius 1 is 1.32 bits per heavy atom. The van der Waals surface area contributed by atoms with Crippen molar-refractivity contribution in [2.24, 2.45) is 0 Å². The fraction of sp³-hybridized carbons (Fsp3) is 0.600. The highest BCUT2D eigenvalue weighted by atomic mass is 35.5. The standard InChI is InChI=1S/C15H23ClN2O/c1-18(13-6-4-3-5-7-13)10-11-8-12(16)9-14(19-2)15(11)17/h8-9,13H,3-7,10,17H2,1-2H3. The fourth-order valence-corrected chi connectivity index (χ4v) is 3.10. The monoisotopic (exact) mass is 282 g/mol. The molecule has 0 amide bonds. The second-order valence-corrected chi connectivity index (χ2v) is 5.82. The van der Waals surface area contributed by atoms with Crippen LogP contribution in [-0.2, 0) is 6.54 Å². The van der Waals surface area contributed by atoms with Crippen molar-refractivity contribution in [2.45, 2.75) is 44.7 Å². The normalized spacial score (nSPS) is 16.8. The van der Waals surface area contributed by atoms with E-state index in [4.69, 9.17) is 22.1 Å². The summed E-state index contributed by atoms with van der Waals surface area (Å²) >= 11 is 6.12. The first-order valence-electron chi connectivity index (χ1n) is 6.94. The van der Waals surface area contributed by atoms with E-state index in [2.05, 4.69) is 11.9 Å². The van der Waals surface area contributed by atoms with Gasteiger partial charge in [-0.05, 0) is 31.5 Å². The van der Waals surface area contributed by atoms with E-state index >= 15 is 0 Å². The molecule has 1 aromatic carbocycles. The van der Waals surface area contributed by atoms with Crippen LogP contribution in [0.3, 0.4) is 0 Å². The summed E-state index contributed by atoms with van der Waals surface area (Å²) in [5, 5.41) is 0.679. The van der Waals surface area contributed by atoms with Crippen molar-refractivity contribution < 1.29 is 4.74 Å². The molecule has 0 spiro atoms. The van der Waals surface area contributed by atoms with Crippen LogP contribution < -0.4 is 10.5 Å². The third-order valence-corrected chi connectivity index (χ3v) is 4.25. The summed E-state index contributed by atoms with van der Waals surface area (Å²) in [7, 11) is 3.79. The summed E-state index contributed by atoms with van der Waals surface area (Å²) in [5.41, 5.74) is 7.89. The molecule has 1 aliphatic rings. The minimum absolute atomic E-state index is 0.665. The van der Waals surface area contributed by atoms with E-state index in [0.717, 1.165) is 12.1 Å². The van der Waals surface area contributed by atoms with Gasteiger partial charge in [0.05, 0.1) is 12.8 Å². The van der Waals surface area contributed by atoms with Gasteiger partial charge >= 0.3 is 0 Å². The molecule has 2 N–H and O–H groups in total. The molecule has 0 bridgehead atoms. The molecule has 0 atom stereocenters. The molecule has 0 aliphatic heterocycles. The summed E-state index contributed by atoms with van der Waals surface area (Å²) in [5.74, 6) is 0.666. The second kappa shape index (κ2) is 6.49. The first-order chi connectivity index (χ1) is 9.11. The Labute approximate surface area is 120 Å². The molecule has 0 aromatic heterocycles. The van der Waals surface area contributed by atoms with E-state index in [9.17, 15) is 0 Å². The fourth-order valence-electron chi connectivity index (χ4n) is 2.87. The molecule has 4 heteroatoms. The van der Waals surface area contributed by atoms with E-state index in [1.807, 2.05) is 6.07 Å². The maximum Gasteiger partial charge on any atom is 0.143 e. The van der Waals surface area contributed by atoms with E-state index in [1.54, 1.807) is 13.2 Å². The Hall–Kier alpha value is -0.930. The number of hydrogen-bond acceptors (Lipinski definition) is 3. The highest BCUT2D eigenvalue weighted by Crippen LogP contribution is 2.31. The maximum atomic E-state index is 6.13. The number of methoxy groups -OCH3 is 1. The highest BCUT2D eigenvalue weighted by molar-refractivity contribution is 6.30. The van der Waals surface area contributed by atoms with Gasteiger partial charge in [-0.2, -0.15) is 0 Å². The van der Waals surface area contributed by atoms with Crippen LogP contribution in [-0.4, -0.2) is 25.1 Å². The molecule has 0 heterocycles. The van der Waals surface area contributed by atoms with Crippen LogP contribution in [0.15, 0.2) is 12.1 Å². The topological polar surface area (TPSA) is 38.5 Å². The lowest BCUT2D eigenvalue weighted by Crippen LogP contribution is -2.33. The zero-order chi connectivity index (χ0) is 13.8. The van der Waals surface area contributed by atoms with Crippen molar-refractivity contribution in [3.8, 4) is 5.75 Å². The molecule has 0 radical (unpaired) electrons. The second-order valence-electron chi connectivity index (χ2n) is 5.39. The van der Waals surface area contributed by atoms with Crippen LogP contribution in [0.25, 0.3) is 0 Å². The summed E-state index contributed by atoms with van der Waals surface area (Å²) in [6, 6.07) is 4.37. The maximum absolute atomic E-state index is 6.13. The first kappa shape index (κ1) is 14.5.